The molecule has 1 aliphatic rings. The fourth-order valence-electron chi connectivity index (χ4n) is 4.49. The molecular weight excluding hydrogens is 232 g/mol. The van der Waals surface area contributed by atoms with Gasteiger partial charge in [-0.1, -0.05) is 6.92 Å². The highest BCUT2D eigenvalue weighted by Gasteiger charge is 2.46. The van der Waals surface area contributed by atoms with Gasteiger partial charge in [-0.2, -0.15) is 0 Å². The van der Waals surface area contributed by atoms with Crippen LogP contribution in [0.2, 0.25) is 0 Å². The quantitative estimate of drug-likeness (QED) is 0.742. The number of hydrogen-bond acceptors (Lipinski definition) is 2. The van der Waals surface area contributed by atoms with Crippen LogP contribution in [0.5, 0.6) is 0 Å². The summed E-state index contributed by atoms with van der Waals surface area (Å²) in [7, 11) is 0. The lowest BCUT2D eigenvalue weighted by atomic mass is 9.86. The molecule has 0 bridgehead atoms. The van der Waals surface area contributed by atoms with Crippen molar-refractivity contribution in [2.75, 3.05) is 6.54 Å². The second kappa shape index (κ2) is 5.73. The van der Waals surface area contributed by atoms with Gasteiger partial charge in [-0.25, -0.2) is 0 Å². The molecule has 0 radical (unpaired) electrons. The van der Waals surface area contributed by atoms with Crippen LogP contribution in [0, 0.1) is 0 Å². The molecule has 114 valence electrons. The predicted octanol–water partition coefficient (Wildman–Crippen LogP) is 4.15. The minimum atomic E-state index is 0.206. The summed E-state index contributed by atoms with van der Waals surface area (Å²) in [5.41, 5.74) is 0.427. The average molecular weight is 268 g/mol. The smallest absolute Gasteiger partial charge is 0.0313 e. The highest BCUT2D eigenvalue weighted by molar-refractivity contribution is 5.03. The molecule has 1 aliphatic heterocycles. The van der Waals surface area contributed by atoms with E-state index in [1.54, 1.807) is 0 Å². The Morgan fingerprint density at radius 3 is 2.00 bits per heavy atom. The van der Waals surface area contributed by atoms with Gasteiger partial charge < -0.3 is 0 Å². The van der Waals surface area contributed by atoms with E-state index in [4.69, 9.17) is 0 Å². The Morgan fingerprint density at radius 1 is 1.05 bits per heavy atom. The van der Waals surface area contributed by atoms with Crippen LogP contribution in [-0.4, -0.2) is 45.5 Å². The summed E-state index contributed by atoms with van der Waals surface area (Å²) in [6.07, 6.45) is 2.51. The molecule has 0 saturated carbocycles. The summed E-state index contributed by atoms with van der Waals surface area (Å²) < 4.78 is 0. The van der Waals surface area contributed by atoms with Crippen molar-refractivity contribution in [2.24, 2.45) is 0 Å². The average Bonchev–Trinajstić information content (AvgIpc) is 2.26. The van der Waals surface area contributed by atoms with E-state index in [1.165, 1.54) is 19.4 Å². The Labute approximate surface area is 121 Å². The Hall–Kier alpha value is -0.0800. The van der Waals surface area contributed by atoms with E-state index in [0.717, 1.165) is 0 Å². The van der Waals surface area contributed by atoms with E-state index >= 15 is 0 Å². The summed E-state index contributed by atoms with van der Waals surface area (Å²) in [5.74, 6) is 0. The molecule has 1 rings (SSSR count). The van der Waals surface area contributed by atoms with Crippen LogP contribution >= 0.6 is 0 Å². The van der Waals surface area contributed by atoms with Gasteiger partial charge in [-0.05, 0) is 74.8 Å². The van der Waals surface area contributed by atoms with Crippen molar-refractivity contribution >= 4 is 0 Å². The van der Waals surface area contributed by atoms with Crippen molar-refractivity contribution in [3.8, 4) is 0 Å². The molecule has 1 heterocycles. The molecule has 19 heavy (non-hydrogen) atoms. The minimum Gasteiger partial charge on any atom is -0.296 e. The van der Waals surface area contributed by atoms with E-state index in [1.807, 2.05) is 0 Å². The molecule has 3 atom stereocenters. The maximum atomic E-state index is 2.75. The molecule has 3 unspecified atom stereocenters. The molecule has 2 heteroatoms. The largest absolute Gasteiger partial charge is 0.296 e. The van der Waals surface area contributed by atoms with Crippen molar-refractivity contribution in [2.45, 2.75) is 104 Å². The van der Waals surface area contributed by atoms with Crippen molar-refractivity contribution in [1.82, 2.24) is 9.80 Å². The normalized spacial score (nSPS) is 34.3. The van der Waals surface area contributed by atoms with Crippen LogP contribution in [0.15, 0.2) is 0 Å². The van der Waals surface area contributed by atoms with Crippen molar-refractivity contribution in [3.63, 3.8) is 0 Å². The summed E-state index contributed by atoms with van der Waals surface area (Å²) in [5, 5.41) is 0. The van der Waals surface area contributed by atoms with E-state index < -0.39 is 0 Å². The monoisotopic (exact) mass is 268 g/mol. The summed E-state index contributed by atoms with van der Waals surface area (Å²) in [6, 6.07) is 1.90. The van der Waals surface area contributed by atoms with Gasteiger partial charge in [0.15, 0.2) is 0 Å². The third-order valence-corrected chi connectivity index (χ3v) is 5.03. The summed E-state index contributed by atoms with van der Waals surface area (Å²) in [6.45, 7) is 22.7. The first-order valence-electron chi connectivity index (χ1n) is 8.08. The highest BCUT2D eigenvalue weighted by Crippen LogP contribution is 2.37. The maximum absolute atomic E-state index is 2.75. The van der Waals surface area contributed by atoms with Crippen LogP contribution in [0.4, 0.5) is 0 Å². The SMILES string of the molecule is CCCN1C(C)CC(C)N(C(C)(C)C)C(C)(C)C1C. The minimum absolute atomic E-state index is 0.206. The van der Waals surface area contributed by atoms with E-state index in [2.05, 4.69) is 72.1 Å². The van der Waals surface area contributed by atoms with Gasteiger partial charge in [0.2, 0.25) is 0 Å². The molecule has 2 nitrogen and oxygen atoms in total. The van der Waals surface area contributed by atoms with Crippen molar-refractivity contribution in [3.05, 3.63) is 0 Å². The molecular formula is C17H36N2. The van der Waals surface area contributed by atoms with E-state index in [-0.39, 0.29) is 11.1 Å². The van der Waals surface area contributed by atoms with Gasteiger partial charge >= 0.3 is 0 Å². The van der Waals surface area contributed by atoms with Crippen LogP contribution in [-0.2, 0) is 0 Å². The topological polar surface area (TPSA) is 6.48 Å². The first-order valence-corrected chi connectivity index (χ1v) is 8.08. The van der Waals surface area contributed by atoms with Gasteiger partial charge in [-0.3, -0.25) is 9.80 Å². The first kappa shape index (κ1) is 17.0. The molecule has 0 aromatic rings. The van der Waals surface area contributed by atoms with Gasteiger partial charge in [-0.15, -0.1) is 0 Å². The Balaban J connectivity index is 3.18. The molecule has 0 aromatic carbocycles. The Kier molecular flexibility index (Phi) is 5.12. The number of hydrogen-bond donors (Lipinski definition) is 0. The highest BCUT2D eigenvalue weighted by atomic mass is 15.3. The second-order valence-electron chi connectivity index (χ2n) is 8.04. The molecule has 0 spiro atoms. The van der Waals surface area contributed by atoms with Gasteiger partial charge in [0.1, 0.15) is 0 Å². The molecule has 0 amide bonds. The third kappa shape index (κ3) is 3.33. The van der Waals surface area contributed by atoms with Crippen LogP contribution in [0.3, 0.4) is 0 Å². The Morgan fingerprint density at radius 2 is 1.58 bits per heavy atom. The van der Waals surface area contributed by atoms with Crippen LogP contribution in [0.25, 0.3) is 0 Å². The number of rotatable bonds is 2. The molecule has 0 aliphatic carbocycles. The van der Waals surface area contributed by atoms with Crippen molar-refractivity contribution in [1.29, 1.82) is 0 Å². The van der Waals surface area contributed by atoms with E-state index in [0.29, 0.717) is 18.1 Å². The fourth-order valence-corrected chi connectivity index (χ4v) is 4.49. The van der Waals surface area contributed by atoms with E-state index in [9.17, 15) is 0 Å². The summed E-state index contributed by atoms with van der Waals surface area (Å²) >= 11 is 0. The maximum Gasteiger partial charge on any atom is 0.0313 e. The van der Waals surface area contributed by atoms with Crippen LogP contribution < -0.4 is 0 Å². The standard InChI is InChI=1S/C17H36N2/c1-10-11-18-13(2)12-14(3)19(16(5,6)7)17(8,9)15(18)4/h13-15H,10-12H2,1-9H3. The van der Waals surface area contributed by atoms with Crippen LogP contribution in [0.1, 0.15) is 75.2 Å². The lowest BCUT2D eigenvalue weighted by molar-refractivity contribution is -0.0329. The predicted molar refractivity (Wildman–Crippen MR) is 85.7 cm³/mol. The second-order valence-corrected chi connectivity index (χ2v) is 8.04. The van der Waals surface area contributed by atoms with Crippen molar-refractivity contribution < 1.29 is 0 Å². The zero-order valence-corrected chi connectivity index (χ0v) is 14.7. The zero-order chi connectivity index (χ0) is 15.0. The molecule has 1 saturated heterocycles. The number of nitrogens with zero attached hydrogens (tertiary/aromatic N) is 2. The Bertz CT molecular complexity index is 290. The van der Waals surface area contributed by atoms with Gasteiger partial charge in [0.25, 0.3) is 0 Å². The zero-order valence-electron chi connectivity index (χ0n) is 14.7. The van der Waals surface area contributed by atoms with Gasteiger partial charge in [0, 0.05) is 29.2 Å². The lowest BCUT2D eigenvalue weighted by Crippen LogP contribution is -2.63. The fraction of sp³-hybridized carbons (Fsp3) is 1.00. The van der Waals surface area contributed by atoms with Gasteiger partial charge in [0.05, 0.1) is 0 Å². The molecule has 0 aromatic heterocycles. The molecule has 1 fully saturated rings. The summed E-state index contributed by atoms with van der Waals surface area (Å²) in [4.78, 5) is 5.47. The third-order valence-electron chi connectivity index (χ3n) is 5.03. The first-order chi connectivity index (χ1) is 8.53. The molecule has 0 N–H and O–H groups in total. The lowest BCUT2D eigenvalue weighted by Gasteiger charge is -2.52.